The average molecular weight is 332 g/mol. The van der Waals surface area contributed by atoms with Gasteiger partial charge in [-0.05, 0) is 5.56 Å². The Morgan fingerprint density at radius 1 is 1.26 bits per heavy atom. The van der Waals surface area contributed by atoms with Gasteiger partial charge in [-0.15, -0.1) is 11.3 Å². The number of rotatable bonds is 6. The molecule has 0 saturated carbocycles. The largest absolute Gasteiger partial charge is 0.395 e. The minimum atomic E-state index is -0.0388. The molecule has 1 amide bonds. The monoisotopic (exact) mass is 332 g/mol. The van der Waals surface area contributed by atoms with Crippen LogP contribution in [0, 0.1) is 0 Å². The van der Waals surface area contributed by atoms with Gasteiger partial charge in [0.15, 0.2) is 0 Å². The number of nitrogens with zero attached hydrogens (tertiary/aromatic N) is 2. The molecular formula is C18H24N2O2S. The van der Waals surface area contributed by atoms with Gasteiger partial charge in [-0.3, -0.25) is 4.79 Å². The van der Waals surface area contributed by atoms with Crippen LogP contribution in [-0.4, -0.2) is 34.0 Å². The Morgan fingerprint density at radius 3 is 2.52 bits per heavy atom. The van der Waals surface area contributed by atoms with Crippen molar-refractivity contribution in [2.45, 2.75) is 39.2 Å². The van der Waals surface area contributed by atoms with Crippen LogP contribution in [0.25, 0.3) is 0 Å². The number of carbonyl (C=O) groups excluding carboxylic acids is 1. The third-order valence-corrected chi connectivity index (χ3v) is 4.78. The SMILES string of the molecule is CC(C)(C)c1nc(CC(=O)N(CCO)Cc2ccccc2)cs1. The summed E-state index contributed by atoms with van der Waals surface area (Å²) in [6.45, 7) is 7.16. The molecule has 124 valence electrons. The molecular weight excluding hydrogens is 308 g/mol. The van der Waals surface area contributed by atoms with Crippen molar-refractivity contribution in [3.8, 4) is 0 Å². The van der Waals surface area contributed by atoms with Crippen molar-refractivity contribution in [1.29, 1.82) is 0 Å². The lowest BCUT2D eigenvalue weighted by Gasteiger charge is -2.21. The normalized spacial score (nSPS) is 11.5. The molecule has 0 saturated heterocycles. The van der Waals surface area contributed by atoms with Crippen LogP contribution in [0.1, 0.15) is 37.0 Å². The van der Waals surface area contributed by atoms with Gasteiger partial charge in [0.1, 0.15) is 0 Å². The lowest BCUT2D eigenvalue weighted by atomic mass is 9.98. The predicted molar refractivity (Wildman–Crippen MR) is 93.5 cm³/mol. The molecule has 0 atom stereocenters. The van der Waals surface area contributed by atoms with E-state index in [2.05, 4.69) is 25.8 Å². The molecule has 0 bridgehead atoms. The molecule has 1 N–H and O–H groups in total. The van der Waals surface area contributed by atoms with Gasteiger partial charge >= 0.3 is 0 Å². The van der Waals surface area contributed by atoms with E-state index in [1.165, 1.54) is 0 Å². The van der Waals surface area contributed by atoms with Gasteiger partial charge in [-0.25, -0.2) is 4.98 Å². The number of amides is 1. The van der Waals surface area contributed by atoms with Gasteiger partial charge in [0.05, 0.1) is 23.7 Å². The molecule has 0 radical (unpaired) electrons. The first-order chi connectivity index (χ1) is 10.9. The van der Waals surface area contributed by atoms with Crippen LogP contribution in [0.2, 0.25) is 0 Å². The zero-order valence-corrected chi connectivity index (χ0v) is 14.8. The predicted octanol–water partition coefficient (Wildman–Crippen LogP) is 3.00. The quantitative estimate of drug-likeness (QED) is 0.885. The van der Waals surface area contributed by atoms with E-state index in [9.17, 15) is 9.90 Å². The number of aromatic nitrogens is 1. The van der Waals surface area contributed by atoms with Crippen LogP contribution < -0.4 is 0 Å². The number of hydrogen-bond donors (Lipinski definition) is 1. The van der Waals surface area contributed by atoms with Crippen LogP contribution in [-0.2, 0) is 23.2 Å². The summed E-state index contributed by atoms with van der Waals surface area (Å²) < 4.78 is 0. The third-order valence-electron chi connectivity index (χ3n) is 3.46. The molecule has 1 heterocycles. The van der Waals surface area contributed by atoms with Gasteiger partial charge < -0.3 is 10.0 Å². The summed E-state index contributed by atoms with van der Waals surface area (Å²) in [7, 11) is 0. The van der Waals surface area contributed by atoms with Crippen LogP contribution in [0.3, 0.4) is 0 Å². The first-order valence-corrected chi connectivity index (χ1v) is 8.65. The Kier molecular flexibility index (Phi) is 5.91. The summed E-state index contributed by atoms with van der Waals surface area (Å²) in [5.41, 5.74) is 1.87. The zero-order chi connectivity index (χ0) is 16.9. The van der Waals surface area contributed by atoms with Gasteiger partial charge in [0, 0.05) is 23.9 Å². The number of carbonyl (C=O) groups is 1. The van der Waals surface area contributed by atoms with Crippen LogP contribution >= 0.6 is 11.3 Å². The number of hydrogen-bond acceptors (Lipinski definition) is 4. The molecule has 0 aliphatic rings. The van der Waals surface area contributed by atoms with E-state index < -0.39 is 0 Å². The fraction of sp³-hybridized carbons (Fsp3) is 0.444. The number of aliphatic hydroxyl groups is 1. The van der Waals surface area contributed by atoms with Crippen molar-refractivity contribution in [2.24, 2.45) is 0 Å². The summed E-state index contributed by atoms with van der Waals surface area (Å²) in [4.78, 5) is 18.8. The van der Waals surface area contributed by atoms with Crippen molar-refractivity contribution < 1.29 is 9.90 Å². The molecule has 23 heavy (non-hydrogen) atoms. The van der Waals surface area contributed by atoms with Crippen molar-refractivity contribution in [2.75, 3.05) is 13.2 Å². The van der Waals surface area contributed by atoms with Gasteiger partial charge in [0.2, 0.25) is 5.91 Å². The second kappa shape index (κ2) is 7.70. The van der Waals surface area contributed by atoms with Crippen LogP contribution in [0.5, 0.6) is 0 Å². The zero-order valence-electron chi connectivity index (χ0n) is 14.0. The lowest BCUT2D eigenvalue weighted by Crippen LogP contribution is -2.34. The summed E-state index contributed by atoms with van der Waals surface area (Å²) in [6, 6.07) is 9.82. The standard InChI is InChI=1S/C18H24N2O2S/c1-18(2,3)17-19-15(13-23-17)11-16(22)20(9-10-21)12-14-7-5-4-6-8-14/h4-8,13,21H,9-12H2,1-3H3. The second-order valence-electron chi connectivity index (χ2n) is 6.60. The Balaban J connectivity index is 2.04. The minimum absolute atomic E-state index is 0.000782. The molecule has 2 rings (SSSR count). The fourth-order valence-corrected chi connectivity index (χ4v) is 3.12. The first kappa shape index (κ1) is 17.6. The van der Waals surface area contributed by atoms with E-state index in [0.29, 0.717) is 13.1 Å². The van der Waals surface area contributed by atoms with E-state index in [4.69, 9.17) is 0 Å². The Morgan fingerprint density at radius 2 is 1.96 bits per heavy atom. The van der Waals surface area contributed by atoms with Crippen molar-refractivity contribution >= 4 is 17.2 Å². The maximum absolute atomic E-state index is 12.5. The molecule has 4 nitrogen and oxygen atoms in total. The highest BCUT2D eigenvalue weighted by molar-refractivity contribution is 7.09. The molecule has 2 aromatic rings. The van der Waals surface area contributed by atoms with Crippen LogP contribution in [0.4, 0.5) is 0 Å². The maximum Gasteiger partial charge on any atom is 0.228 e. The fourth-order valence-electron chi connectivity index (χ4n) is 2.22. The highest BCUT2D eigenvalue weighted by Gasteiger charge is 2.20. The summed E-state index contributed by atoms with van der Waals surface area (Å²) >= 11 is 1.60. The van der Waals surface area contributed by atoms with E-state index in [1.54, 1.807) is 16.2 Å². The molecule has 5 heteroatoms. The Labute approximate surface area is 141 Å². The molecule has 1 aromatic heterocycles. The molecule has 0 aliphatic carbocycles. The van der Waals surface area contributed by atoms with Crippen molar-refractivity contribution in [3.63, 3.8) is 0 Å². The molecule has 0 spiro atoms. The topological polar surface area (TPSA) is 53.4 Å². The second-order valence-corrected chi connectivity index (χ2v) is 7.45. The van der Waals surface area contributed by atoms with E-state index in [1.807, 2.05) is 35.7 Å². The smallest absolute Gasteiger partial charge is 0.228 e. The van der Waals surface area contributed by atoms with E-state index in [-0.39, 0.29) is 24.3 Å². The summed E-state index contributed by atoms with van der Waals surface area (Å²) in [5.74, 6) is -0.00587. The Hall–Kier alpha value is -1.72. The summed E-state index contributed by atoms with van der Waals surface area (Å²) in [6.07, 6.45) is 0.277. The number of aliphatic hydroxyl groups excluding tert-OH is 1. The lowest BCUT2D eigenvalue weighted by molar-refractivity contribution is -0.131. The van der Waals surface area contributed by atoms with Crippen molar-refractivity contribution in [1.82, 2.24) is 9.88 Å². The van der Waals surface area contributed by atoms with Gasteiger partial charge in [-0.1, -0.05) is 51.1 Å². The Bertz CT molecular complexity index is 632. The highest BCUT2D eigenvalue weighted by atomic mass is 32.1. The highest BCUT2D eigenvalue weighted by Crippen LogP contribution is 2.25. The molecule has 0 unspecified atom stereocenters. The molecule has 0 fully saturated rings. The number of benzene rings is 1. The van der Waals surface area contributed by atoms with Gasteiger partial charge in [-0.2, -0.15) is 0 Å². The number of thiazole rings is 1. The molecule has 0 aliphatic heterocycles. The average Bonchev–Trinajstić information content (AvgIpc) is 2.96. The van der Waals surface area contributed by atoms with Gasteiger partial charge in [0.25, 0.3) is 0 Å². The summed E-state index contributed by atoms with van der Waals surface area (Å²) in [5, 5.41) is 12.2. The third kappa shape index (κ3) is 5.15. The van der Waals surface area contributed by atoms with Crippen LogP contribution in [0.15, 0.2) is 35.7 Å². The van der Waals surface area contributed by atoms with Crippen molar-refractivity contribution in [3.05, 3.63) is 52.0 Å². The maximum atomic E-state index is 12.5. The van der Waals surface area contributed by atoms with E-state index >= 15 is 0 Å². The minimum Gasteiger partial charge on any atom is -0.395 e. The van der Waals surface area contributed by atoms with E-state index in [0.717, 1.165) is 16.3 Å². The first-order valence-electron chi connectivity index (χ1n) is 7.77. The molecule has 1 aromatic carbocycles.